The highest BCUT2D eigenvalue weighted by atomic mass is 16.5. The zero-order valence-electron chi connectivity index (χ0n) is 37.0. The molecule has 3 aromatic heterocycles. The SMILES string of the molecule is C=C(Cn1cc(C(=O)c2cc(OC)c(OC)c(OC)c2)c2ccc(OC)cc21)C(=O)Nc1cc(Nc2nccc(-c3cn(C)c4ccccc34)n2)c(OC)cc1N(C)CCN(C)C. The number of likely N-dealkylation sites (N-methyl/N-ethyl adjacent to an activating group) is 2. The second-order valence-corrected chi connectivity index (χ2v) is 15.2. The predicted octanol–water partition coefficient (Wildman–Crippen LogP) is 7.80. The van der Waals surface area contributed by atoms with Gasteiger partial charge >= 0.3 is 0 Å². The predicted molar refractivity (Wildman–Crippen MR) is 248 cm³/mol. The van der Waals surface area contributed by atoms with Crippen LogP contribution in [0, 0.1) is 0 Å². The molecule has 0 aliphatic heterocycles. The number of anilines is 4. The summed E-state index contributed by atoms with van der Waals surface area (Å²) in [6, 6.07) is 22.4. The maximum absolute atomic E-state index is 14.3. The normalized spacial score (nSPS) is 11.1. The van der Waals surface area contributed by atoms with Crippen LogP contribution < -0.4 is 39.2 Å². The van der Waals surface area contributed by atoms with Gasteiger partial charge in [0, 0.05) is 96.5 Å². The molecule has 7 rings (SSSR count). The second-order valence-electron chi connectivity index (χ2n) is 15.2. The molecule has 0 aliphatic carbocycles. The Morgan fingerprint density at radius 2 is 1.49 bits per heavy atom. The van der Waals surface area contributed by atoms with Gasteiger partial charge in [0.05, 0.1) is 70.4 Å². The third kappa shape index (κ3) is 8.95. The van der Waals surface area contributed by atoms with E-state index in [-0.39, 0.29) is 17.9 Å². The van der Waals surface area contributed by atoms with Crippen molar-refractivity contribution in [2.45, 2.75) is 6.54 Å². The lowest BCUT2D eigenvalue weighted by molar-refractivity contribution is -0.113. The van der Waals surface area contributed by atoms with Gasteiger partial charge in [0.2, 0.25) is 11.7 Å². The Labute approximate surface area is 366 Å². The molecular formula is C48H52N8O7. The number of benzene rings is 4. The van der Waals surface area contributed by atoms with Crippen LogP contribution in [0.4, 0.5) is 23.0 Å². The zero-order chi connectivity index (χ0) is 44.9. The van der Waals surface area contributed by atoms with Crippen molar-refractivity contribution in [1.29, 1.82) is 0 Å². The van der Waals surface area contributed by atoms with Crippen LogP contribution in [-0.2, 0) is 18.4 Å². The third-order valence-corrected chi connectivity index (χ3v) is 10.9. The van der Waals surface area contributed by atoms with Gasteiger partial charge in [0.25, 0.3) is 5.91 Å². The molecule has 2 N–H and O–H groups in total. The summed E-state index contributed by atoms with van der Waals surface area (Å²) in [5.41, 5.74) is 6.22. The van der Waals surface area contributed by atoms with Crippen molar-refractivity contribution < 1.29 is 33.3 Å². The lowest BCUT2D eigenvalue weighted by Gasteiger charge is -2.26. The van der Waals surface area contributed by atoms with Gasteiger partial charge in [-0.2, -0.15) is 0 Å². The standard InChI is InChI=1S/C48H52N8O7/c1-29(26-56-28-35(33-16-15-31(59-6)23-40(33)56)45(57)30-21-43(61-8)46(63-10)44(22-30)62-9)47(58)50-37-24-38(42(60-7)25-41(37)54(4)20-19-53(2)3)52-48-49-18-17-36(51-48)34-27-55(5)39-14-12-11-13-32(34)39/h11-18,21-25,27-28H,1,19-20,26H2,2-10H3,(H,50,58)(H,49,51,52). The molecular weight excluding hydrogens is 801 g/mol. The van der Waals surface area contributed by atoms with Gasteiger partial charge in [-0.05, 0) is 56.6 Å². The van der Waals surface area contributed by atoms with E-state index in [4.69, 9.17) is 28.7 Å². The number of nitrogens with one attached hydrogen (secondary N) is 2. The largest absolute Gasteiger partial charge is 0.497 e. The average molecular weight is 853 g/mol. The van der Waals surface area contributed by atoms with E-state index in [0.717, 1.165) is 34.4 Å². The summed E-state index contributed by atoms with van der Waals surface area (Å²) in [7, 11) is 15.6. The monoisotopic (exact) mass is 852 g/mol. The van der Waals surface area contributed by atoms with Crippen LogP contribution in [0.25, 0.3) is 33.1 Å². The Bertz CT molecular complexity index is 2820. The molecule has 0 aliphatic rings. The average Bonchev–Trinajstić information content (AvgIpc) is 3.83. The number of nitrogens with zero attached hydrogens (tertiary/aromatic N) is 6. The van der Waals surface area contributed by atoms with E-state index in [2.05, 4.69) is 54.9 Å². The number of aryl methyl sites for hydroxylation is 1. The zero-order valence-corrected chi connectivity index (χ0v) is 37.0. The van der Waals surface area contributed by atoms with E-state index in [9.17, 15) is 9.59 Å². The molecule has 0 atom stereocenters. The van der Waals surface area contributed by atoms with Crippen LogP contribution in [0.5, 0.6) is 28.7 Å². The van der Waals surface area contributed by atoms with E-state index >= 15 is 0 Å². The van der Waals surface area contributed by atoms with Gasteiger partial charge in [0.1, 0.15) is 11.5 Å². The van der Waals surface area contributed by atoms with Crippen LogP contribution in [0.15, 0.2) is 104 Å². The quantitative estimate of drug-likeness (QED) is 0.0642. The third-order valence-electron chi connectivity index (χ3n) is 10.9. The van der Waals surface area contributed by atoms with Gasteiger partial charge in [-0.3, -0.25) is 9.59 Å². The van der Waals surface area contributed by atoms with E-state index in [1.807, 2.05) is 75.2 Å². The van der Waals surface area contributed by atoms with E-state index in [0.29, 0.717) is 74.6 Å². The highest BCUT2D eigenvalue weighted by Crippen LogP contribution is 2.41. The van der Waals surface area contributed by atoms with Crippen molar-refractivity contribution in [2.75, 3.05) is 85.3 Å². The number of fused-ring (bicyclic) bond motifs is 2. The maximum Gasteiger partial charge on any atom is 0.252 e. The fourth-order valence-electron chi connectivity index (χ4n) is 7.52. The summed E-state index contributed by atoms with van der Waals surface area (Å²) in [6.07, 6.45) is 5.48. The van der Waals surface area contributed by atoms with Gasteiger partial charge in [-0.1, -0.05) is 24.8 Å². The number of para-hydroxylation sites is 1. The fourth-order valence-corrected chi connectivity index (χ4v) is 7.52. The van der Waals surface area contributed by atoms with Crippen LogP contribution >= 0.6 is 0 Å². The topological polar surface area (TPSA) is 146 Å². The Morgan fingerprint density at radius 1 is 0.762 bits per heavy atom. The number of ether oxygens (including phenoxy) is 5. The molecule has 0 fully saturated rings. The first-order chi connectivity index (χ1) is 30.4. The molecule has 3 heterocycles. The highest BCUT2D eigenvalue weighted by Gasteiger charge is 2.24. The number of carbonyl (C=O) groups is 2. The number of rotatable bonds is 18. The lowest BCUT2D eigenvalue weighted by Crippen LogP contribution is -2.29. The first-order valence-electron chi connectivity index (χ1n) is 20.1. The van der Waals surface area contributed by atoms with E-state index in [1.54, 1.807) is 44.8 Å². The van der Waals surface area contributed by atoms with Gasteiger partial charge < -0.3 is 53.3 Å². The van der Waals surface area contributed by atoms with Gasteiger partial charge in [-0.15, -0.1) is 0 Å². The molecule has 7 aromatic rings. The van der Waals surface area contributed by atoms with Crippen LogP contribution in [0.1, 0.15) is 15.9 Å². The molecule has 0 saturated heterocycles. The molecule has 0 spiro atoms. The molecule has 15 nitrogen and oxygen atoms in total. The van der Waals surface area contributed by atoms with Crippen molar-refractivity contribution in [1.82, 2.24) is 24.0 Å². The minimum atomic E-state index is -0.426. The molecule has 0 radical (unpaired) electrons. The van der Waals surface area contributed by atoms with Crippen molar-refractivity contribution in [3.05, 3.63) is 115 Å². The van der Waals surface area contributed by atoms with E-state index in [1.165, 1.54) is 21.3 Å². The molecule has 326 valence electrons. The minimum Gasteiger partial charge on any atom is -0.497 e. The molecule has 15 heteroatoms. The summed E-state index contributed by atoms with van der Waals surface area (Å²) in [6.45, 7) is 5.68. The molecule has 4 aromatic carbocycles. The lowest BCUT2D eigenvalue weighted by atomic mass is 10.0. The maximum atomic E-state index is 14.3. The summed E-state index contributed by atoms with van der Waals surface area (Å²) < 4.78 is 31.9. The first kappa shape index (κ1) is 43.6. The number of hydrogen-bond acceptors (Lipinski definition) is 12. The number of ketones is 1. The van der Waals surface area contributed by atoms with Gasteiger partial charge in [-0.25, -0.2) is 9.97 Å². The Morgan fingerprint density at radius 3 is 2.17 bits per heavy atom. The molecule has 1 amide bonds. The Kier molecular flexibility index (Phi) is 12.9. The van der Waals surface area contributed by atoms with Crippen LogP contribution in [-0.4, -0.2) is 105 Å². The highest BCUT2D eigenvalue weighted by molar-refractivity contribution is 6.17. The van der Waals surface area contributed by atoms with Crippen molar-refractivity contribution >= 4 is 56.5 Å². The van der Waals surface area contributed by atoms with E-state index < -0.39 is 5.91 Å². The summed E-state index contributed by atoms with van der Waals surface area (Å²) in [5, 5.41) is 8.19. The van der Waals surface area contributed by atoms with Gasteiger partial charge in [0.15, 0.2) is 17.3 Å². The number of methoxy groups -OCH3 is 5. The first-order valence-corrected chi connectivity index (χ1v) is 20.1. The van der Waals surface area contributed by atoms with Crippen LogP contribution in [0.2, 0.25) is 0 Å². The summed E-state index contributed by atoms with van der Waals surface area (Å²) >= 11 is 0. The Balaban J connectivity index is 1.21. The summed E-state index contributed by atoms with van der Waals surface area (Å²) in [4.78, 5) is 42.1. The Hall–Kier alpha value is -7.52. The number of carbonyl (C=O) groups excluding carboxylic acids is 2. The summed E-state index contributed by atoms with van der Waals surface area (Å²) in [5.74, 6) is 1.81. The molecule has 0 unspecified atom stereocenters. The van der Waals surface area contributed by atoms with Crippen molar-refractivity contribution in [2.24, 2.45) is 7.05 Å². The van der Waals surface area contributed by atoms with Crippen LogP contribution in [0.3, 0.4) is 0 Å². The minimum absolute atomic E-state index is 0.0555. The second kappa shape index (κ2) is 18.6. The van der Waals surface area contributed by atoms with Crippen molar-refractivity contribution in [3.8, 4) is 40.0 Å². The molecule has 0 bridgehead atoms. The number of amides is 1. The molecule has 63 heavy (non-hydrogen) atoms. The molecule has 0 saturated carbocycles. The fraction of sp³-hybridized carbons (Fsp3) is 0.250. The number of hydrogen-bond donors (Lipinski definition) is 2. The van der Waals surface area contributed by atoms with Crippen molar-refractivity contribution in [3.63, 3.8) is 0 Å². The smallest absolute Gasteiger partial charge is 0.252 e. The number of aromatic nitrogens is 4.